The predicted octanol–water partition coefficient (Wildman–Crippen LogP) is -1.23. The lowest BCUT2D eigenvalue weighted by Gasteiger charge is -2.27. The summed E-state index contributed by atoms with van der Waals surface area (Å²) in [4.78, 5) is 10.3. The molecule has 13 heavy (non-hydrogen) atoms. The number of hydrogen-bond acceptors (Lipinski definition) is 4. The van der Waals surface area contributed by atoms with Gasteiger partial charge in [-0.15, -0.1) is 0 Å². The van der Waals surface area contributed by atoms with Crippen LogP contribution in [0.3, 0.4) is 0 Å². The summed E-state index contributed by atoms with van der Waals surface area (Å²) in [5.41, 5.74) is 5.56. The number of rotatable bonds is 1. The first-order chi connectivity index (χ1) is 5.91. The van der Waals surface area contributed by atoms with E-state index in [1.165, 1.54) is 0 Å². The third kappa shape index (κ3) is 2.85. The van der Waals surface area contributed by atoms with Gasteiger partial charge in [0.2, 0.25) is 0 Å². The van der Waals surface area contributed by atoms with Crippen molar-refractivity contribution < 1.29 is 18.3 Å². The second kappa shape index (κ2) is 3.51. The fourth-order valence-corrected chi connectivity index (χ4v) is 2.98. The summed E-state index contributed by atoms with van der Waals surface area (Å²) in [6, 6.07) is -1.07. The highest BCUT2D eigenvalue weighted by Crippen LogP contribution is 2.11. The highest BCUT2D eigenvalue weighted by Gasteiger charge is 2.31. The summed E-state index contributed by atoms with van der Waals surface area (Å²) in [6.07, 6.45) is -0.926. The van der Waals surface area contributed by atoms with Gasteiger partial charge in [-0.3, -0.25) is 0 Å². The Balaban J connectivity index is 2.66. The van der Waals surface area contributed by atoms with E-state index in [0.29, 0.717) is 6.42 Å². The third-order valence-electron chi connectivity index (χ3n) is 2.02. The standard InChI is InChI=1S/C6H12N2O4S/c7-4-1-2-13(11,12)3-5(4)8-6(9)10/h4-5,8H,1-3,7H2,(H,9,10)/t4-,5+/m0/s1. The summed E-state index contributed by atoms with van der Waals surface area (Å²) in [7, 11) is -3.12. The third-order valence-corrected chi connectivity index (χ3v) is 3.75. The van der Waals surface area contributed by atoms with E-state index in [1.54, 1.807) is 0 Å². The Labute approximate surface area is 76.0 Å². The zero-order valence-corrected chi connectivity index (χ0v) is 7.75. The van der Waals surface area contributed by atoms with Crippen molar-refractivity contribution in [2.45, 2.75) is 18.5 Å². The number of nitrogens with one attached hydrogen (secondary N) is 1. The average molecular weight is 208 g/mol. The summed E-state index contributed by atoms with van der Waals surface area (Å²) in [5.74, 6) is -0.146. The Bertz CT molecular complexity index is 300. The number of sulfone groups is 1. The van der Waals surface area contributed by atoms with Gasteiger partial charge in [-0.05, 0) is 6.42 Å². The van der Waals surface area contributed by atoms with Gasteiger partial charge in [-0.2, -0.15) is 0 Å². The Hall–Kier alpha value is -0.820. The number of nitrogens with two attached hydrogens (primary N) is 1. The van der Waals surface area contributed by atoms with Crippen molar-refractivity contribution in [1.82, 2.24) is 5.32 Å². The summed E-state index contributed by atoms with van der Waals surface area (Å²) in [6.45, 7) is 0. The molecular formula is C6H12N2O4S. The van der Waals surface area contributed by atoms with Gasteiger partial charge < -0.3 is 16.2 Å². The minimum Gasteiger partial charge on any atom is -0.465 e. The van der Waals surface area contributed by atoms with E-state index in [2.05, 4.69) is 5.32 Å². The van der Waals surface area contributed by atoms with Crippen molar-refractivity contribution >= 4 is 15.9 Å². The van der Waals surface area contributed by atoms with E-state index in [4.69, 9.17) is 10.8 Å². The van der Waals surface area contributed by atoms with Crippen LogP contribution in [0.1, 0.15) is 6.42 Å². The van der Waals surface area contributed by atoms with Crippen molar-refractivity contribution in [3.05, 3.63) is 0 Å². The average Bonchev–Trinajstić information content (AvgIpc) is 1.95. The van der Waals surface area contributed by atoms with E-state index >= 15 is 0 Å². The van der Waals surface area contributed by atoms with Crippen LogP contribution in [0.15, 0.2) is 0 Å². The summed E-state index contributed by atoms with van der Waals surface area (Å²) in [5, 5.41) is 10.5. The van der Waals surface area contributed by atoms with Crippen LogP contribution in [0.5, 0.6) is 0 Å². The van der Waals surface area contributed by atoms with Crippen LogP contribution in [0.4, 0.5) is 4.79 Å². The molecule has 0 aliphatic carbocycles. The van der Waals surface area contributed by atoms with Gasteiger partial charge in [0.25, 0.3) is 0 Å². The smallest absolute Gasteiger partial charge is 0.404 e. The van der Waals surface area contributed by atoms with E-state index in [0.717, 1.165) is 0 Å². The van der Waals surface area contributed by atoms with Gasteiger partial charge >= 0.3 is 6.09 Å². The maximum atomic E-state index is 11.1. The molecule has 0 saturated carbocycles. The van der Waals surface area contributed by atoms with Crippen molar-refractivity contribution in [2.75, 3.05) is 11.5 Å². The molecule has 0 bridgehead atoms. The molecule has 1 rings (SSSR count). The Kier molecular flexibility index (Phi) is 2.77. The number of amides is 1. The Morgan fingerprint density at radius 1 is 1.54 bits per heavy atom. The molecule has 1 fully saturated rings. The summed E-state index contributed by atoms with van der Waals surface area (Å²) < 4.78 is 22.2. The minimum absolute atomic E-state index is 0.0476. The highest BCUT2D eigenvalue weighted by molar-refractivity contribution is 7.91. The van der Waals surface area contributed by atoms with Crippen molar-refractivity contribution in [3.8, 4) is 0 Å². The molecule has 76 valence electrons. The molecule has 4 N–H and O–H groups in total. The van der Waals surface area contributed by atoms with Crippen LogP contribution in [0.25, 0.3) is 0 Å². The van der Waals surface area contributed by atoms with Crippen molar-refractivity contribution in [2.24, 2.45) is 5.73 Å². The molecule has 0 unspecified atom stereocenters. The van der Waals surface area contributed by atoms with Gasteiger partial charge in [-0.1, -0.05) is 0 Å². The lowest BCUT2D eigenvalue weighted by molar-refractivity contribution is 0.188. The first-order valence-corrected chi connectivity index (χ1v) is 5.68. The summed E-state index contributed by atoms with van der Waals surface area (Å²) >= 11 is 0. The fourth-order valence-electron chi connectivity index (χ4n) is 1.30. The SMILES string of the molecule is N[C@H]1CCS(=O)(=O)C[C@H]1NC(=O)O. The molecular weight excluding hydrogens is 196 g/mol. The van der Waals surface area contributed by atoms with Crippen LogP contribution in [-0.4, -0.2) is 43.2 Å². The number of hydrogen-bond donors (Lipinski definition) is 3. The molecule has 0 aromatic carbocycles. The molecule has 1 amide bonds. The maximum Gasteiger partial charge on any atom is 0.404 e. The highest BCUT2D eigenvalue weighted by atomic mass is 32.2. The molecule has 0 aromatic heterocycles. The molecule has 1 heterocycles. The van der Waals surface area contributed by atoms with Crippen LogP contribution in [0, 0.1) is 0 Å². The molecule has 1 aliphatic heterocycles. The second-order valence-corrected chi connectivity index (χ2v) is 5.35. The van der Waals surface area contributed by atoms with Gasteiger partial charge in [0, 0.05) is 6.04 Å². The molecule has 7 heteroatoms. The van der Waals surface area contributed by atoms with E-state index in [-0.39, 0.29) is 11.5 Å². The molecule has 1 saturated heterocycles. The molecule has 2 atom stereocenters. The molecule has 6 nitrogen and oxygen atoms in total. The fraction of sp³-hybridized carbons (Fsp3) is 0.833. The largest absolute Gasteiger partial charge is 0.465 e. The first kappa shape index (κ1) is 10.3. The quantitative estimate of drug-likeness (QED) is 0.499. The molecule has 0 radical (unpaired) electrons. The molecule has 1 aliphatic rings. The first-order valence-electron chi connectivity index (χ1n) is 3.86. The van der Waals surface area contributed by atoms with Crippen molar-refractivity contribution in [1.29, 1.82) is 0 Å². The normalized spacial score (nSPS) is 32.4. The van der Waals surface area contributed by atoms with Crippen LogP contribution < -0.4 is 11.1 Å². The lowest BCUT2D eigenvalue weighted by atomic mass is 10.1. The van der Waals surface area contributed by atoms with Gasteiger partial charge in [-0.25, -0.2) is 13.2 Å². The van der Waals surface area contributed by atoms with E-state index in [9.17, 15) is 13.2 Å². The Morgan fingerprint density at radius 2 is 2.15 bits per heavy atom. The van der Waals surface area contributed by atoms with Crippen LogP contribution >= 0.6 is 0 Å². The predicted molar refractivity (Wildman–Crippen MR) is 46.2 cm³/mol. The van der Waals surface area contributed by atoms with Gasteiger partial charge in [0.1, 0.15) is 0 Å². The van der Waals surface area contributed by atoms with E-state index in [1.807, 2.05) is 0 Å². The number of carboxylic acid groups (broad SMARTS) is 1. The monoisotopic (exact) mass is 208 g/mol. The minimum atomic E-state index is -3.12. The zero-order valence-electron chi connectivity index (χ0n) is 6.93. The Morgan fingerprint density at radius 3 is 2.69 bits per heavy atom. The van der Waals surface area contributed by atoms with Crippen molar-refractivity contribution in [3.63, 3.8) is 0 Å². The molecule has 0 aromatic rings. The lowest BCUT2D eigenvalue weighted by Crippen LogP contribution is -2.54. The number of carbonyl (C=O) groups is 1. The van der Waals surface area contributed by atoms with E-state index < -0.39 is 28.0 Å². The zero-order chi connectivity index (χ0) is 10.1. The van der Waals surface area contributed by atoms with Gasteiger partial charge in [0.15, 0.2) is 9.84 Å². The maximum absolute atomic E-state index is 11.1. The molecule has 0 spiro atoms. The van der Waals surface area contributed by atoms with Crippen LogP contribution in [0.2, 0.25) is 0 Å². The topological polar surface area (TPSA) is 109 Å². The van der Waals surface area contributed by atoms with Gasteiger partial charge in [0.05, 0.1) is 17.5 Å². The second-order valence-electron chi connectivity index (χ2n) is 3.12. The van der Waals surface area contributed by atoms with Crippen LogP contribution in [-0.2, 0) is 9.84 Å².